The molecule has 0 aromatic heterocycles. The number of ether oxygens (including phenoxy) is 2. The Labute approximate surface area is 124 Å². The molecule has 0 amide bonds. The second kappa shape index (κ2) is 7.78. The van der Waals surface area contributed by atoms with Crippen LogP contribution >= 0.6 is 0 Å². The second-order valence-corrected chi connectivity index (χ2v) is 6.62. The normalized spacial score (nSPS) is 11.0. The number of carbonyl (C=O) groups is 2. The number of carbonyl (C=O) groups excluding carboxylic acids is 2. The molecule has 0 N–H and O–H groups in total. The van der Waals surface area contributed by atoms with Crippen LogP contribution in [0.4, 0.5) is 0 Å². The molecule has 1 aromatic carbocycles. The van der Waals surface area contributed by atoms with Crippen LogP contribution in [0.5, 0.6) is 0 Å². The maximum atomic E-state index is 12.0. The molecule has 0 aliphatic rings. The molecule has 0 atom stereocenters. The summed E-state index contributed by atoms with van der Waals surface area (Å²) < 4.78 is 33.0. The molecule has 1 rings (SSSR count). The first-order valence-corrected chi connectivity index (χ1v) is 8.11. The molecule has 116 valence electrons. The fourth-order valence-corrected chi connectivity index (χ4v) is 3.13. The summed E-state index contributed by atoms with van der Waals surface area (Å²) in [6.07, 6.45) is -0.169. The lowest BCUT2D eigenvalue weighted by molar-refractivity contribution is -0.140. The SMILES string of the molecule is COC(=O)CCS(=O)(=O)Cc1ccccc1CC(=O)OC. The van der Waals surface area contributed by atoms with Gasteiger partial charge < -0.3 is 9.47 Å². The van der Waals surface area contributed by atoms with Crippen molar-refractivity contribution >= 4 is 21.8 Å². The Balaban J connectivity index is 2.82. The van der Waals surface area contributed by atoms with Crippen molar-refractivity contribution in [1.82, 2.24) is 0 Å². The van der Waals surface area contributed by atoms with Crippen molar-refractivity contribution in [2.24, 2.45) is 0 Å². The van der Waals surface area contributed by atoms with Gasteiger partial charge in [0.25, 0.3) is 0 Å². The van der Waals surface area contributed by atoms with Gasteiger partial charge in [-0.25, -0.2) is 8.42 Å². The molecule has 0 aliphatic carbocycles. The van der Waals surface area contributed by atoms with Crippen LogP contribution in [0, 0.1) is 0 Å². The molecular formula is C14H18O6S. The van der Waals surface area contributed by atoms with E-state index < -0.39 is 21.8 Å². The zero-order valence-corrected chi connectivity index (χ0v) is 12.8. The van der Waals surface area contributed by atoms with E-state index in [9.17, 15) is 18.0 Å². The molecule has 0 heterocycles. The highest BCUT2D eigenvalue weighted by molar-refractivity contribution is 7.90. The number of sulfone groups is 1. The summed E-state index contributed by atoms with van der Waals surface area (Å²) in [7, 11) is -0.973. The minimum atomic E-state index is -3.46. The monoisotopic (exact) mass is 314 g/mol. The standard InChI is InChI=1S/C14H18O6S/c1-19-13(15)7-8-21(17,18)10-12-6-4-3-5-11(12)9-14(16)20-2/h3-6H,7-10H2,1-2H3. The fourth-order valence-electron chi connectivity index (χ4n) is 1.75. The highest BCUT2D eigenvalue weighted by atomic mass is 32.2. The highest BCUT2D eigenvalue weighted by Gasteiger charge is 2.17. The quantitative estimate of drug-likeness (QED) is 0.694. The summed E-state index contributed by atoms with van der Waals surface area (Å²) in [4.78, 5) is 22.3. The largest absolute Gasteiger partial charge is 0.469 e. The molecule has 0 unspecified atom stereocenters. The minimum Gasteiger partial charge on any atom is -0.469 e. The number of hydrogen-bond acceptors (Lipinski definition) is 6. The Morgan fingerprint density at radius 2 is 1.57 bits per heavy atom. The first kappa shape index (κ1) is 17.2. The van der Waals surface area contributed by atoms with Gasteiger partial charge >= 0.3 is 11.9 Å². The van der Waals surface area contributed by atoms with Crippen molar-refractivity contribution in [2.45, 2.75) is 18.6 Å². The maximum absolute atomic E-state index is 12.0. The summed E-state index contributed by atoms with van der Waals surface area (Å²) in [5.74, 6) is -1.51. The van der Waals surface area contributed by atoms with Crippen molar-refractivity contribution in [1.29, 1.82) is 0 Å². The van der Waals surface area contributed by atoms with Gasteiger partial charge in [-0.05, 0) is 11.1 Å². The van der Waals surface area contributed by atoms with Crippen LogP contribution < -0.4 is 0 Å². The molecule has 1 aromatic rings. The Kier molecular flexibility index (Phi) is 6.36. The van der Waals surface area contributed by atoms with E-state index in [1.807, 2.05) is 0 Å². The Hall–Kier alpha value is -1.89. The third kappa shape index (κ3) is 5.95. The van der Waals surface area contributed by atoms with Gasteiger partial charge in [0.15, 0.2) is 9.84 Å². The molecule has 0 bridgehead atoms. The van der Waals surface area contributed by atoms with Crippen LogP contribution in [0.3, 0.4) is 0 Å². The lowest BCUT2D eigenvalue weighted by atomic mass is 10.1. The van der Waals surface area contributed by atoms with E-state index in [4.69, 9.17) is 0 Å². The lowest BCUT2D eigenvalue weighted by Crippen LogP contribution is -2.15. The van der Waals surface area contributed by atoms with Gasteiger partial charge in [0.2, 0.25) is 0 Å². The Morgan fingerprint density at radius 1 is 1.00 bits per heavy atom. The first-order chi connectivity index (χ1) is 9.88. The van der Waals surface area contributed by atoms with Gasteiger partial charge in [-0.2, -0.15) is 0 Å². The van der Waals surface area contributed by atoms with Crippen molar-refractivity contribution < 1.29 is 27.5 Å². The van der Waals surface area contributed by atoms with Gasteiger partial charge in [-0.3, -0.25) is 9.59 Å². The predicted octanol–water partition coefficient (Wildman–Crippen LogP) is 0.880. The summed E-state index contributed by atoms with van der Waals surface area (Å²) in [5.41, 5.74) is 1.14. The van der Waals surface area contributed by atoms with Crippen LogP contribution in [0.25, 0.3) is 0 Å². The molecule has 0 saturated heterocycles. The predicted molar refractivity (Wildman–Crippen MR) is 76.3 cm³/mol. The van der Waals surface area contributed by atoms with Crippen molar-refractivity contribution in [2.75, 3.05) is 20.0 Å². The zero-order valence-electron chi connectivity index (χ0n) is 12.0. The van der Waals surface area contributed by atoms with E-state index in [0.717, 1.165) is 0 Å². The van der Waals surface area contributed by atoms with Gasteiger partial charge in [0.05, 0.1) is 38.6 Å². The summed E-state index contributed by atoms with van der Waals surface area (Å²) in [5, 5.41) is 0. The molecule has 0 fully saturated rings. The second-order valence-electron chi connectivity index (χ2n) is 4.44. The van der Waals surface area contributed by atoms with Crippen LogP contribution in [0.15, 0.2) is 24.3 Å². The van der Waals surface area contributed by atoms with E-state index in [1.165, 1.54) is 14.2 Å². The van der Waals surface area contributed by atoms with Crippen LogP contribution in [-0.4, -0.2) is 40.3 Å². The first-order valence-electron chi connectivity index (χ1n) is 6.29. The Morgan fingerprint density at radius 3 is 2.14 bits per heavy atom. The number of rotatable bonds is 7. The minimum absolute atomic E-state index is 0.0131. The lowest BCUT2D eigenvalue weighted by Gasteiger charge is -2.09. The molecule has 0 radical (unpaired) electrons. The van der Waals surface area contributed by atoms with Crippen LogP contribution in [0.2, 0.25) is 0 Å². The number of benzene rings is 1. The molecular weight excluding hydrogens is 296 g/mol. The highest BCUT2D eigenvalue weighted by Crippen LogP contribution is 2.15. The molecule has 0 spiro atoms. The maximum Gasteiger partial charge on any atom is 0.309 e. The van der Waals surface area contributed by atoms with Crippen molar-refractivity contribution in [3.63, 3.8) is 0 Å². The molecule has 6 nitrogen and oxygen atoms in total. The Bertz CT molecular complexity index is 606. The summed E-state index contributed by atoms with van der Waals surface area (Å²) in [6, 6.07) is 6.75. The average molecular weight is 314 g/mol. The summed E-state index contributed by atoms with van der Waals surface area (Å²) in [6.45, 7) is 0. The van der Waals surface area contributed by atoms with Gasteiger partial charge in [0.1, 0.15) is 0 Å². The van der Waals surface area contributed by atoms with E-state index >= 15 is 0 Å². The summed E-state index contributed by atoms with van der Waals surface area (Å²) >= 11 is 0. The van der Waals surface area contributed by atoms with Crippen molar-refractivity contribution in [3.8, 4) is 0 Å². The average Bonchev–Trinajstić information content (AvgIpc) is 2.46. The number of esters is 2. The molecule has 0 aliphatic heterocycles. The van der Waals surface area contributed by atoms with Crippen LogP contribution in [0.1, 0.15) is 17.5 Å². The van der Waals surface area contributed by atoms with Gasteiger partial charge in [-0.15, -0.1) is 0 Å². The molecule has 21 heavy (non-hydrogen) atoms. The fraction of sp³-hybridized carbons (Fsp3) is 0.429. The third-order valence-electron chi connectivity index (χ3n) is 2.90. The topological polar surface area (TPSA) is 86.7 Å². The third-order valence-corrected chi connectivity index (χ3v) is 4.48. The van der Waals surface area contributed by atoms with E-state index in [-0.39, 0.29) is 24.3 Å². The van der Waals surface area contributed by atoms with Crippen molar-refractivity contribution in [3.05, 3.63) is 35.4 Å². The van der Waals surface area contributed by atoms with E-state index in [1.54, 1.807) is 24.3 Å². The smallest absolute Gasteiger partial charge is 0.309 e. The van der Waals surface area contributed by atoms with Gasteiger partial charge in [0, 0.05) is 0 Å². The molecule has 0 saturated carbocycles. The number of hydrogen-bond donors (Lipinski definition) is 0. The molecule has 7 heteroatoms. The number of methoxy groups -OCH3 is 2. The van der Waals surface area contributed by atoms with E-state index in [2.05, 4.69) is 9.47 Å². The van der Waals surface area contributed by atoms with E-state index in [0.29, 0.717) is 11.1 Å². The van der Waals surface area contributed by atoms with Gasteiger partial charge in [-0.1, -0.05) is 24.3 Å². The van der Waals surface area contributed by atoms with Crippen LogP contribution in [-0.2, 0) is 41.1 Å². The zero-order chi connectivity index (χ0) is 15.9.